The molecule has 0 aliphatic carbocycles. The first-order chi connectivity index (χ1) is 14.8. The fourth-order valence-corrected chi connectivity index (χ4v) is 4.63. The highest BCUT2D eigenvalue weighted by atomic mass is 32.2. The van der Waals surface area contributed by atoms with Crippen molar-refractivity contribution in [3.05, 3.63) is 84.6 Å². The molecule has 1 aliphatic heterocycles. The Bertz CT molecular complexity index is 936. The molecular weight excluding hydrogens is 410 g/mol. The van der Waals surface area contributed by atoms with Crippen LogP contribution in [0.3, 0.4) is 0 Å². The van der Waals surface area contributed by atoms with E-state index in [4.69, 9.17) is 9.47 Å². The molecule has 1 unspecified atom stereocenters. The van der Waals surface area contributed by atoms with Gasteiger partial charge in [0.25, 0.3) is 0 Å². The average Bonchev–Trinajstić information content (AvgIpc) is 2.77. The Morgan fingerprint density at radius 3 is 2.55 bits per heavy atom. The van der Waals surface area contributed by atoms with Crippen molar-refractivity contribution in [2.24, 2.45) is 0 Å². The Balaban J connectivity index is 1.90. The van der Waals surface area contributed by atoms with Crippen LogP contribution in [0.5, 0.6) is 0 Å². The van der Waals surface area contributed by atoms with Gasteiger partial charge in [-0.1, -0.05) is 48.5 Å². The first-order valence-electron chi connectivity index (χ1n) is 10.3. The predicted molar refractivity (Wildman–Crippen MR) is 126 cm³/mol. The molecule has 164 valence electrons. The number of anilines is 1. The Morgan fingerprint density at radius 1 is 1.19 bits per heavy atom. The summed E-state index contributed by atoms with van der Waals surface area (Å²) < 4.78 is 25.7. The molecule has 0 fully saturated rings. The minimum Gasteiger partial charge on any atom is -0.592 e. The van der Waals surface area contributed by atoms with Crippen LogP contribution in [0.25, 0.3) is 5.57 Å². The van der Waals surface area contributed by atoms with E-state index in [1.54, 1.807) is 10.4 Å². The molecule has 3 rings (SSSR count). The van der Waals surface area contributed by atoms with E-state index >= 15 is 0 Å². The van der Waals surface area contributed by atoms with Gasteiger partial charge in [-0.15, -0.1) is 6.58 Å². The van der Waals surface area contributed by atoms with Crippen molar-refractivity contribution in [3.63, 3.8) is 0 Å². The average molecular weight is 440 g/mol. The molecule has 0 amide bonds. The molecule has 0 N–H and O–H groups in total. The summed E-state index contributed by atoms with van der Waals surface area (Å²) in [4.78, 5) is 13.2. The topological polar surface area (TPSA) is 61.8 Å². The second-order valence-corrected chi connectivity index (χ2v) is 10.4. The maximum Gasteiger partial charge on any atom is 0.338 e. The van der Waals surface area contributed by atoms with Gasteiger partial charge in [-0.2, -0.15) is 4.31 Å². The second-order valence-electron chi connectivity index (χ2n) is 8.29. The maximum atomic E-state index is 13.4. The molecule has 1 aliphatic rings. The zero-order chi connectivity index (χ0) is 22.4. The Morgan fingerprint density at radius 2 is 1.87 bits per heavy atom. The van der Waals surface area contributed by atoms with Gasteiger partial charge in [0.05, 0.1) is 30.3 Å². The molecule has 0 spiro atoms. The van der Waals surface area contributed by atoms with Crippen LogP contribution in [0.4, 0.5) is 5.69 Å². The van der Waals surface area contributed by atoms with Crippen molar-refractivity contribution in [1.82, 2.24) is 0 Å². The van der Waals surface area contributed by atoms with Crippen LogP contribution in [0.2, 0.25) is 0 Å². The van der Waals surface area contributed by atoms with E-state index in [9.17, 15) is 9.35 Å². The van der Waals surface area contributed by atoms with Crippen molar-refractivity contribution in [2.75, 3.05) is 10.9 Å². The number of hydrogen-bond acceptors (Lipinski definition) is 5. The van der Waals surface area contributed by atoms with Gasteiger partial charge in [-0.25, -0.2) is 4.79 Å². The zero-order valence-electron chi connectivity index (χ0n) is 18.2. The minimum atomic E-state index is -1.48. The standard InChI is InChI=1S/C25H29NO4S/c1-5-11-23(26(31(28)25(2,3)4)21-13-7-6-8-14-21)24(27)30-18-20-17-29-16-19-12-9-10-15-22(19)20/h5-10,12-15,18,23H,1,11,16-17H2,2-4H3/b20-18-/t23-,31?/m1/s1. The summed E-state index contributed by atoms with van der Waals surface area (Å²) in [7, 11) is 0. The highest BCUT2D eigenvalue weighted by molar-refractivity contribution is 7.94. The van der Waals surface area contributed by atoms with E-state index < -0.39 is 28.1 Å². The van der Waals surface area contributed by atoms with Crippen molar-refractivity contribution >= 4 is 28.6 Å². The monoisotopic (exact) mass is 439 g/mol. The number of nitrogens with zero attached hydrogens (tertiary/aromatic N) is 1. The Hall–Kier alpha value is -2.54. The number of benzene rings is 2. The second kappa shape index (κ2) is 10.2. The quantitative estimate of drug-likeness (QED) is 0.263. The molecule has 0 radical (unpaired) electrons. The Labute approximate surface area is 187 Å². The number of rotatable bonds is 7. The molecule has 5 nitrogen and oxygen atoms in total. The van der Waals surface area contributed by atoms with Gasteiger partial charge in [0, 0.05) is 12.0 Å². The summed E-state index contributed by atoms with van der Waals surface area (Å²) in [5, 5.41) is 0. The van der Waals surface area contributed by atoms with Gasteiger partial charge in [0.1, 0.15) is 11.0 Å². The third-order valence-electron chi connectivity index (χ3n) is 4.85. The summed E-state index contributed by atoms with van der Waals surface area (Å²) in [6, 6.07) is 16.4. The van der Waals surface area contributed by atoms with E-state index in [1.807, 2.05) is 75.4 Å². The molecule has 0 aromatic heterocycles. The first kappa shape index (κ1) is 23.1. The van der Waals surface area contributed by atoms with Crippen molar-refractivity contribution in [2.45, 2.75) is 44.6 Å². The van der Waals surface area contributed by atoms with E-state index in [-0.39, 0.29) is 0 Å². The zero-order valence-corrected chi connectivity index (χ0v) is 19.1. The molecule has 1 heterocycles. The molecule has 2 atom stereocenters. The summed E-state index contributed by atoms with van der Waals surface area (Å²) in [6.45, 7) is 10.3. The van der Waals surface area contributed by atoms with E-state index in [0.717, 1.165) is 16.7 Å². The molecule has 0 saturated heterocycles. The van der Waals surface area contributed by atoms with Crippen LogP contribution in [0, 0.1) is 0 Å². The van der Waals surface area contributed by atoms with Crippen LogP contribution in [-0.4, -0.2) is 27.9 Å². The van der Waals surface area contributed by atoms with Gasteiger partial charge in [-0.05, 0) is 44.0 Å². The third-order valence-corrected chi connectivity index (χ3v) is 6.72. The third kappa shape index (κ3) is 5.58. The van der Waals surface area contributed by atoms with Crippen LogP contribution < -0.4 is 4.31 Å². The van der Waals surface area contributed by atoms with Crippen LogP contribution in [0.1, 0.15) is 38.3 Å². The summed E-state index contributed by atoms with van der Waals surface area (Å²) >= 11 is -1.48. The first-order valence-corrected chi connectivity index (χ1v) is 11.4. The number of hydrogen-bond donors (Lipinski definition) is 0. The number of ether oxygens (including phenoxy) is 2. The van der Waals surface area contributed by atoms with Gasteiger partial charge in [0.2, 0.25) is 0 Å². The smallest absolute Gasteiger partial charge is 0.338 e. The van der Waals surface area contributed by atoms with E-state index in [0.29, 0.717) is 25.3 Å². The molecule has 31 heavy (non-hydrogen) atoms. The fourth-order valence-electron chi connectivity index (χ4n) is 3.32. The van der Waals surface area contributed by atoms with E-state index in [2.05, 4.69) is 6.58 Å². The van der Waals surface area contributed by atoms with E-state index in [1.165, 1.54) is 6.26 Å². The van der Waals surface area contributed by atoms with Gasteiger partial charge in [0.15, 0.2) is 6.04 Å². The van der Waals surface area contributed by atoms with Crippen molar-refractivity contribution in [3.8, 4) is 0 Å². The lowest BCUT2D eigenvalue weighted by Crippen LogP contribution is -2.51. The fraction of sp³-hybridized carbons (Fsp3) is 0.320. The highest BCUT2D eigenvalue weighted by Gasteiger charge is 2.41. The summed E-state index contributed by atoms with van der Waals surface area (Å²) in [5.41, 5.74) is 3.56. The number of esters is 1. The molecule has 2 aromatic carbocycles. The van der Waals surface area contributed by atoms with Crippen LogP contribution in [0.15, 0.2) is 73.5 Å². The SMILES string of the molecule is C=CC[C@H](C(=O)O/C=C1/COCc2ccccc21)N(c1ccccc1)[S+]([O-])C(C)(C)C. The lowest BCUT2D eigenvalue weighted by Gasteiger charge is -2.37. The molecule has 0 bridgehead atoms. The minimum absolute atomic E-state index is 0.297. The number of carbonyl (C=O) groups is 1. The lowest BCUT2D eigenvalue weighted by atomic mass is 10.00. The normalized spacial score (nSPS) is 16.8. The summed E-state index contributed by atoms with van der Waals surface area (Å²) in [6.07, 6.45) is 3.40. The van der Waals surface area contributed by atoms with Crippen LogP contribution in [-0.2, 0) is 32.2 Å². The van der Waals surface area contributed by atoms with Gasteiger partial charge < -0.3 is 14.0 Å². The molecule has 2 aromatic rings. The Kier molecular flexibility index (Phi) is 7.59. The maximum absolute atomic E-state index is 13.4. The molecular formula is C25H29NO4S. The molecule has 6 heteroatoms. The number of para-hydroxylation sites is 1. The highest BCUT2D eigenvalue weighted by Crippen LogP contribution is 2.31. The largest absolute Gasteiger partial charge is 0.592 e. The van der Waals surface area contributed by atoms with Crippen molar-refractivity contribution < 1.29 is 18.8 Å². The number of carbonyl (C=O) groups excluding carboxylic acids is 1. The van der Waals surface area contributed by atoms with Gasteiger partial charge in [-0.3, -0.25) is 0 Å². The van der Waals surface area contributed by atoms with Crippen LogP contribution >= 0.6 is 0 Å². The molecule has 0 saturated carbocycles. The van der Waals surface area contributed by atoms with Crippen molar-refractivity contribution in [1.29, 1.82) is 0 Å². The predicted octanol–water partition coefficient (Wildman–Crippen LogP) is 5.01. The number of fused-ring (bicyclic) bond motifs is 1. The summed E-state index contributed by atoms with van der Waals surface area (Å²) in [5.74, 6) is -0.489. The van der Waals surface area contributed by atoms with Gasteiger partial charge >= 0.3 is 5.97 Å². The lowest BCUT2D eigenvalue weighted by molar-refractivity contribution is -0.139.